The molecule has 1 aromatic heterocycles. The van der Waals surface area contributed by atoms with Crippen LogP contribution in [0.5, 0.6) is 0 Å². The van der Waals surface area contributed by atoms with Crippen LogP contribution in [0.1, 0.15) is 37.8 Å². The summed E-state index contributed by atoms with van der Waals surface area (Å²) in [7, 11) is 0. The Bertz CT molecular complexity index is 1140. The van der Waals surface area contributed by atoms with Crippen molar-refractivity contribution in [3.05, 3.63) is 93.2 Å². The number of aryl methyl sites for hydroxylation is 2. The molecule has 5 rings (SSSR count). The number of ether oxygens (including phenoxy) is 1. The second-order valence-electron chi connectivity index (χ2n) is 9.07. The smallest absolute Gasteiger partial charge is 0.257 e. The molecule has 0 N–H and O–H groups in total. The fourth-order valence-electron chi connectivity index (χ4n) is 5.19. The molecule has 0 radical (unpaired) electrons. The Hall–Kier alpha value is -2.96. The van der Waals surface area contributed by atoms with Crippen molar-refractivity contribution in [1.29, 1.82) is 0 Å². The van der Waals surface area contributed by atoms with Crippen molar-refractivity contribution in [2.45, 2.75) is 31.9 Å². The number of carbonyl (C=O) groups excluding carboxylic acids is 2. The lowest BCUT2D eigenvalue weighted by atomic mass is 9.83. The summed E-state index contributed by atoms with van der Waals surface area (Å²) < 4.78 is 6.34. The topological polar surface area (TPSA) is 49.9 Å². The van der Waals surface area contributed by atoms with E-state index in [1.807, 2.05) is 60.5 Å². The second kappa shape index (κ2) is 8.76. The van der Waals surface area contributed by atoms with E-state index in [1.165, 1.54) is 0 Å². The van der Waals surface area contributed by atoms with Gasteiger partial charge in [-0.1, -0.05) is 53.6 Å². The molecule has 33 heavy (non-hydrogen) atoms. The Kier molecular flexibility index (Phi) is 5.81. The monoisotopic (exact) mass is 460 g/mol. The predicted octanol–water partition coefficient (Wildman–Crippen LogP) is 4.40. The normalized spacial score (nSPS) is 22.8. The molecule has 0 unspecified atom stereocenters. The maximum Gasteiger partial charge on any atom is 0.257 e. The molecule has 3 heterocycles. The molecule has 3 aromatic rings. The van der Waals surface area contributed by atoms with Crippen LogP contribution in [0, 0.1) is 13.8 Å². The third-order valence-corrected chi connectivity index (χ3v) is 7.51. The van der Waals surface area contributed by atoms with Gasteiger partial charge in [0.2, 0.25) is 0 Å². The number of nitrogens with zero attached hydrogens (tertiary/aromatic N) is 2. The Balaban J connectivity index is 1.48. The van der Waals surface area contributed by atoms with Gasteiger partial charge in [0, 0.05) is 29.4 Å². The maximum absolute atomic E-state index is 13.9. The highest BCUT2D eigenvalue weighted by Crippen LogP contribution is 2.43. The lowest BCUT2D eigenvalue weighted by Gasteiger charge is -2.42. The third-order valence-electron chi connectivity index (χ3n) is 6.65. The number of hydrogen-bond acceptors (Lipinski definition) is 4. The summed E-state index contributed by atoms with van der Waals surface area (Å²) in [6.07, 6.45) is 0. The van der Waals surface area contributed by atoms with E-state index in [9.17, 15) is 9.59 Å². The highest BCUT2D eigenvalue weighted by Gasteiger charge is 2.58. The van der Waals surface area contributed by atoms with Gasteiger partial charge < -0.3 is 14.5 Å². The highest BCUT2D eigenvalue weighted by atomic mass is 32.1. The zero-order valence-electron chi connectivity index (χ0n) is 19.0. The summed E-state index contributed by atoms with van der Waals surface area (Å²) in [5.41, 5.74) is 2.79. The summed E-state index contributed by atoms with van der Waals surface area (Å²) in [5.74, 6) is -0.204. The molecule has 2 aliphatic rings. The van der Waals surface area contributed by atoms with Crippen LogP contribution < -0.4 is 0 Å². The van der Waals surface area contributed by atoms with Gasteiger partial charge in [-0.25, -0.2) is 0 Å². The molecule has 1 spiro atoms. The van der Waals surface area contributed by atoms with Crippen molar-refractivity contribution in [3.63, 3.8) is 0 Å². The van der Waals surface area contributed by atoms with E-state index in [0.29, 0.717) is 31.8 Å². The van der Waals surface area contributed by atoms with Gasteiger partial charge in [-0.05, 0) is 43.0 Å². The SMILES string of the molecule is Cc1cc(C)cc(C(=O)N2CCO[C@@]3(C2)C(=O)N(Cc2cccs2)C[C@H]3c2ccccc2)c1. The molecule has 5 nitrogen and oxygen atoms in total. The molecule has 2 amide bonds. The Morgan fingerprint density at radius 1 is 1.09 bits per heavy atom. The number of hydrogen-bond donors (Lipinski definition) is 0. The van der Waals surface area contributed by atoms with Gasteiger partial charge in [0.05, 0.1) is 19.7 Å². The number of thiophene rings is 1. The number of morpholine rings is 1. The Labute approximate surface area is 198 Å². The van der Waals surface area contributed by atoms with Crippen molar-refractivity contribution in [2.75, 3.05) is 26.2 Å². The first kappa shape index (κ1) is 21.9. The van der Waals surface area contributed by atoms with Gasteiger partial charge in [-0.3, -0.25) is 9.59 Å². The number of benzene rings is 2. The molecular formula is C27H28N2O3S. The molecule has 2 fully saturated rings. The van der Waals surface area contributed by atoms with Crippen LogP contribution in [-0.4, -0.2) is 53.5 Å². The average Bonchev–Trinajstić information content (AvgIpc) is 3.42. The summed E-state index contributed by atoms with van der Waals surface area (Å²) in [5, 5.41) is 2.03. The van der Waals surface area contributed by atoms with Crippen LogP contribution in [0.4, 0.5) is 0 Å². The lowest BCUT2D eigenvalue weighted by Crippen LogP contribution is -2.59. The quantitative estimate of drug-likeness (QED) is 0.580. The molecule has 2 aromatic carbocycles. The zero-order valence-corrected chi connectivity index (χ0v) is 19.8. The minimum atomic E-state index is -1.06. The van der Waals surface area contributed by atoms with Gasteiger partial charge >= 0.3 is 0 Å². The minimum Gasteiger partial charge on any atom is -0.361 e. The highest BCUT2D eigenvalue weighted by molar-refractivity contribution is 7.09. The van der Waals surface area contributed by atoms with Crippen LogP contribution in [-0.2, 0) is 16.1 Å². The van der Waals surface area contributed by atoms with E-state index in [-0.39, 0.29) is 24.3 Å². The van der Waals surface area contributed by atoms with Crippen molar-refractivity contribution < 1.29 is 14.3 Å². The molecule has 0 bridgehead atoms. The van der Waals surface area contributed by atoms with Gasteiger partial charge in [0.15, 0.2) is 5.60 Å². The minimum absolute atomic E-state index is 0.0253. The van der Waals surface area contributed by atoms with E-state index in [1.54, 1.807) is 16.2 Å². The van der Waals surface area contributed by atoms with Gasteiger partial charge in [-0.15, -0.1) is 11.3 Å². The molecule has 0 aliphatic carbocycles. The van der Waals surface area contributed by atoms with E-state index in [2.05, 4.69) is 24.3 Å². The van der Waals surface area contributed by atoms with E-state index < -0.39 is 5.60 Å². The third kappa shape index (κ3) is 4.09. The number of likely N-dealkylation sites (tertiary alicyclic amines) is 1. The number of carbonyl (C=O) groups is 2. The molecule has 0 saturated carbocycles. The average molecular weight is 461 g/mol. The fraction of sp³-hybridized carbons (Fsp3) is 0.333. The van der Waals surface area contributed by atoms with Crippen LogP contribution in [0.2, 0.25) is 0 Å². The summed E-state index contributed by atoms with van der Waals surface area (Å²) >= 11 is 1.65. The first-order chi connectivity index (χ1) is 16.0. The number of amides is 2. The molecule has 2 saturated heterocycles. The van der Waals surface area contributed by atoms with E-state index in [0.717, 1.165) is 21.6 Å². The number of rotatable bonds is 4. The molecule has 170 valence electrons. The van der Waals surface area contributed by atoms with Crippen molar-refractivity contribution >= 4 is 23.2 Å². The van der Waals surface area contributed by atoms with E-state index in [4.69, 9.17) is 4.74 Å². The van der Waals surface area contributed by atoms with Gasteiger partial charge in [0.25, 0.3) is 11.8 Å². The molecule has 2 atom stereocenters. The van der Waals surface area contributed by atoms with Crippen molar-refractivity contribution in [2.24, 2.45) is 0 Å². The van der Waals surface area contributed by atoms with Crippen LogP contribution in [0.25, 0.3) is 0 Å². The lowest BCUT2D eigenvalue weighted by molar-refractivity contribution is -0.160. The molecular weight excluding hydrogens is 432 g/mol. The predicted molar refractivity (Wildman–Crippen MR) is 129 cm³/mol. The standard InChI is InChI=1S/C27H28N2O3S/c1-19-13-20(2)15-22(14-19)25(30)28-10-11-32-27(18-28)24(21-7-4-3-5-8-21)17-29(26(27)31)16-23-9-6-12-33-23/h3-9,12-15,24H,10-11,16-18H2,1-2H3/t24-,27+/m0/s1. The Morgan fingerprint density at radius 3 is 2.55 bits per heavy atom. The summed E-state index contributed by atoms with van der Waals surface area (Å²) in [4.78, 5) is 32.2. The first-order valence-corrected chi connectivity index (χ1v) is 12.2. The van der Waals surface area contributed by atoms with Crippen LogP contribution in [0.3, 0.4) is 0 Å². The van der Waals surface area contributed by atoms with Crippen molar-refractivity contribution in [1.82, 2.24) is 9.80 Å². The van der Waals surface area contributed by atoms with Crippen LogP contribution >= 0.6 is 11.3 Å². The fourth-order valence-corrected chi connectivity index (χ4v) is 5.91. The largest absolute Gasteiger partial charge is 0.361 e. The van der Waals surface area contributed by atoms with Crippen molar-refractivity contribution in [3.8, 4) is 0 Å². The van der Waals surface area contributed by atoms with Gasteiger partial charge in [0.1, 0.15) is 0 Å². The second-order valence-corrected chi connectivity index (χ2v) is 10.1. The molecule has 2 aliphatic heterocycles. The first-order valence-electron chi connectivity index (χ1n) is 11.3. The van der Waals surface area contributed by atoms with Gasteiger partial charge in [-0.2, -0.15) is 0 Å². The Morgan fingerprint density at radius 2 is 1.85 bits per heavy atom. The maximum atomic E-state index is 13.9. The summed E-state index contributed by atoms with van der Waals surface area (Å²) in [6, 6.07) is 20.1. The van der Waals surface area contributed by atoms with Crippen LogP contribution in [0.15, 0.2) is 66.0 Å². The zero-order chi connectivity index (χ0) is 23.0. The molecule has 6 heteroatoms. The summed E-state index contributed by atoms with van der Waals surface area (Å²) in [6.45, 7) is 6.23. The van der Waals surface area contributed by atoms with E-state index >= 15 is 0 Å².